The molecule has 2 fully saturated rings. The van der Waals surface area contributed by atoms with Crippen molar-refractivity contribution in [3.05, 3.63) is 41.7 Å². The van der Waals surface area contributed by atoms with Gasteiger partial charge in [-0.3, -0.25) is 9.48 Å². The highest BCUT2D eigenvalue weighted by atomic mass is 19.3. The van der Waals surface area contributed by atoms with Crippen molar-refractivity contribution in [2.45, 2.75) is 31.5 Å². The van der Waals surface area contributed by atoms with Crippen LogP contribution in [0.4, 0.5) is 8.78 Å². The number of fused-ring (bicyclic) bond motifs is 1. The molecule has 1 amide bonds. The molecule has 7 nitrogen and oxygen atoms in total. The third-order valence-corrected chi connectivity index (χ3v) is 6.06. The number of aliphatic hydroxyl groups excluding tert-OH is 1. The Bertz CT molecular complexity index is 919. The molecule has 1 aliphatic heterocycles. The first-order valence-electron chi connectivity index (χ1n) is 9.96. The van der Waals surface area contributed by atoms with Gasteiger partial charge >= 0.3 is 0 Å². The van der Waals surface area contributed by atoms with Crippen LogP contribution >= 0.6 is 0 Å². The molecule has 1 N–H and O–H groups in total. The van der Waals surface area contributed by atoms with Gasteiger partial charge in [-0.1, -0.05) is 12.1 Å². The number of benzene rings is 1. The number of para-hydroxylation sites is 2. The van der Waals surface area contributed by atoms with Crippen LogP contribution in [0.25, 0.3) is 0 Å². The van der Waals surface area contributed by atoms with E-state index in [0.717, 1.165) is 6.07 Å². The summed E-state index contributed by atoms with van der Waals surface area (Å²) in [6.07, 6.45) is -2.67. The molecule has 0 bridgehead atoms. The van der Waals surface area contributed by atoms with Gasteiger partial charge in [-0.15, -0.1) is 0 Å². The standard InChI is InChI=1S/C21H25F2N3O4/c1-25-15(9-14(24-25)20(22)23)21(28)26-10-12-7-16(27)19(8-13(12)11-26)30-18-6-4-3-5-17(18)29-2/h3-6,9,12-13,16,19-20,27H,7-8,10-11H2,1-2H3/t12-,13+,16+,19+/m0/s1. The fourth-order valence-corrected chi connectivity index (χ4v) is 4.52. The fourth-order valence-electron chi connectivity index (χ4n) is 4.52. The smallest absolute Gasteiger partial charge is 0.282 e. The number of ether oxygens (including phenoxy) is 2. The minimum atomic E-state index is -2.72. The highest BCUT2D eigenvalue weighted by Crippen LogP contribution is 2.39. The van der Waals surface area contributed by atoms with Crippen LogP contribution in [0.5, 0.6) is 11.5 Å². The topological polar surface area (TPSA) is 76.8 Å². The van der Waals surface area contributed by atoms with E-state index in [9.17, 15) is 18.7 Å². The summed E-state index contributed by atoms with van der Waals surface area (Å²) in [6, 6.07) is 8.43. The van der Waals surface area contributed by atoms with E-state index >= 15 is 0 Å². The number of amides is 1. The number of carbonyl (C=O) groups excluding carboxylic acids is 1. The molecule has 4 rings (SSSR count). The van der Waals surface area contributed by atoms with Crippen molar-refractivity contribution >= 4 is 5.91 Å². The Kier molecular flexibility index (Phi) is 5.64. The van der Waals surface area contributed by atoms with Gasteiger partial charge in [0.2, 0.25) is 0 Å². The number of methoxy groups -OCH3 is 1. The van der Waals surface area contributed by atoms with Gasteiger partial charge in [-0.2, -0.15) is 5.10 Å². The molecular weight excluding hydrogens is 396 g/mol. The third-order valence-electron chi connectivity index (χ3n) is 6.06. The number of likely N-dealkylation sites (tertiary alicyclic amines) is 1. The summed E-state index contributed by atoms with van der Waals surface area (Å²) in [5.74, 6) is 1.16. The first-order valence-corrected chi connectivity index (χ1v) is 9.96. The molecule has 0 radical (unpaired) electrons. The van der Waals surface area contributed by atoms with Gasteiger partial charge in [0, 0.05) is 20.1 Å². The molecule has 1 aliphatic carbocycles. The largest absolute Gasteiger partial charge is 0.493 e. The van der Waals surface area contributed by atoms with Crippen molar-refractivity contribution in [3.63, 3.8) is 0 Å². The Hall–Kier alpha value is -2.68. The lowest BCUT2D eigenvalue weighted by atomic mass is 9.78. The molecule has 9 heteroatoms. The predicted octanol–water partition coefficient (Wildman–Crippen LogP) is 2.66. The lowest BCUT2D eigenvalue weighted by Crippen LogP contribution is -2.42. The molecule has 1 saturated carbocycles. The number of nitrogens with zero attached hydrogens (tertiary/aromatic N) is 3. The summed E-state index contributed by atoms with van der Waals surface area (Å²) in [5.41, 5.74) is -0.260. The first-order chi connectivity index (χ1) is 14.4. The molecule has 2 heterocycles. The van der Waals surface area contributed by atoms with Crippen LogP contribution in [0.2, 0.25) is 0 Å². The van der Waals surface area contributed by atoms with Gasteiger partial charge < -0.3 is 19.5 Å². The summed E-state index contributed by atoms with van der Waals surface area (Å²) in [5, 5.41) is 14.4. The van der Waals surface area contributed by atoms with Crippen LogP contribution in [0, 0.1) is 11.8 Å². The highest BCUT2D eigenvalue weighted by molar-refractivity contribution is 5.93. The van der Waals surface area contributed by atoms with Crippen molar-refractivity contribution in [2.75, 3.05) is 20.2 Å². The number of aliphatic hydroxyl groups is 1. The molecule has 162 valence electrons. The van der Waals surface area contributed by atoms with Crippen LogP contribution < -0.4 is 9.47 Å². The van der Waals surface area contributed by atoms with Gasteiger partial charge in [-0.05, 0) is 42.9 Å². The molecule has 2 aliphatic rings. The number of halogens is 2. The number of aryl methyl sites for hydroxylation is 1. The zero-order valence-corrected chi connectivity index (χ0v) is 16.9. The Balaban J connectivity index is 1.45. The molecule has 1 saturated heterocycles. The van der Waals surface area contributed by atoms with E-state index in [1.54, 1.807) is 24.1 Å². The molecule has 2 aromatic rings. The van der Waals surface area contributed by atoms with Gasteiger partial charge in [0.25, 0.3) is 12.3 Å². The summed E-state index contributed by atoms with van der Waals surface area (Å²) < 4.78 is 38.4. The Morgan fingerprint density at radius 2 is 1.87 bits per heavy atom. The van der Waals surface area contributed by atoms with Crippen molar-refractivity contribution in [3.8, 4) is 11.5 Å². The molecule has 0 unspecified atom stereocenters. The van der Waals surface area contributed by atoms with Crippen LogP contribution in [-0.2, 0) is 7.05 Å². The lowest BCUT2D eigenvalue weighted by molar-refractivity contribution is -0.0240. The van der Waals surface area contributed by atoms with Gasteiger partial charge in [-0.25, -0.2) is 8.78 Å². The molecule has 1 aromatic carbocycles. The summed E-state index contributed by atoms with van der Waals surface area (Å²) in [7, 11) is 3.05. The lowest BCUT2D eigenvalue weighted by Gasteiger charge is -2.35. The molecule has 4 atom stereocenters. The fraction of sp³-hybridized carbons (Fsp3) is 0.524. The van der Waals surface area contributed by atoms with Crippen molar-refractivity contribution in [1.29, 1.82) is 0 Å². The zero-order valence-electron chi connectivity index (χ0n) is 16.9. The van der Waals surface area contributed by atoms with Crippen LogP contribution in [0.3, 0.4) is 0 Å². The number of hydrogen-bond donors (Lipinski definition) is 1. The maximum atomic E-state index is 12.9. The number of aromatic nitrogens is 2. The Morgan fingerprint density at radius 3 is 2.50 bits per heavy atom. The van der Waals surface area contributed by atoms with E-state index in [4.69, 9.17) is 9.47 Å². The second-order valence-electron chi connectivity index (χ2n) is 7.95. The molecule has 30 heavy (non-hydrogen) atoms. The van der Waals surface area contributed by atoms with Crippen LogP contribution in [0.1, 0.15) is 35.4 Å². The zero-order chi connectivity index (χ0) is 21.4. The minimum absolute atomic E-state index is 0.143. The third kappa shape index (κ3) is 3.86. The maximum Gasteiger partial charge on any atom is 0.282 e. The highest BCUT2D eigenvalue weighted by Gasteiger charge is 2.44. The van der Waals surface area contributed by atoms with Gasteiger partial charge in [0.15, 0.2) is 11.5 Å². The normalized spacial score (nSPS) is 26.0. The van der Waals surface area contributed by atoms with E-state index < -0.39 is 24.3 Å². The number of rotatable bonds is 5. The van der Waals surface area contributed by atoms with E-state index in [1.807, 2.05) is 12.1 Å². The number of alkyl halides is 2. The molecule has 0 spiro atoms. The summed E-state index contributed by atoms with van der Waals surface area (Å²) in [4.78, 5) is 14.6. The van der Waals surface area contributed by atoms with Crippen molar-refractivity contribution in [1.82, 2.24) is 14.7 Å². The summed E-state index contributed by atoms with van der Waals surface area (Å²) in [6.45, 7) is 0.980. The van der Waals surface area contributed by atoms with Gasteiger partial charge in [0.1, 0.15) is 17.5 Å². The molecule has 1 aromatic heterocycles. The average Bonchev–Trinajstić information content (AvgIpc) is 3.31. The first kappa shape index (κ1) is 20.6. The SMILES string of the molecule is COc1ccccc1O[C@@H]1C[C@@H]2CN(C(=O)c3cc(C(F)F)nn3C)C[C@@H]2C[C@H]1O. The minimum Gasteiger partial charge on any atom is -0.493 e. The van der Waals surface area contributed by atoms with Crippen LogP contribution in [0.15, 0.2) is 30.3 Å². The van der Waals surface area contributed by atoms with E-state index in [1.165, 1.54) is 11.7 Å². The Labute approximate surface area is 173 Å². The second kappa shape index (κ2) is 8.22. The number of carbonyl (C=O) groups is 1. The van der Waals surface area contributed by atoms with E-state index in [2.05, 4.69) is 5.10 Å². The monoisotopic (exact) mass is 421 g/mol. The Morgan fingerprint density at radius 1 is 1.20 bits per heavy atom. The molecular formula is C21H25F2N3O4. The predicted molar refractivity (Wildman–Crippen MR) is 104 cm³/mol. The van der Waals surface area contributed by atoms with Crippen molar-refractivity contribution in [2.24, 2.45) is 18.9 Å². The van der Waals surface area contributed by atoms with E-state index in [0.29, 0.717) is 37.4 Å². The quantitative estimate of drug-likeness (QED) is 0.803. The second-order valence-corrected chi connectivity index (χ2v) is 7.95. The van der Waals surface area contributed by atoms with Gasteiger partial charge in [0.05, 0.1) is 13.2 Å². The maximum absolute atomic E-state index is 12.9. The van der Waals surface area contributed by atoms with Crippen LogP contribution in [-0.4, -0.2) is 58.1 Å². The van der Waals surface area contributed by atoms with E-state index in [-0.39, 0.29) is 23.4 Å². The van der Waals surface area contributed by atoms with Crippen molar-refractivity contribution < 1.29 is 28.2 Å². The average molecular weight is 421 g/mol. The summed E-state index contributed by atoms with van der Waals surface area (Å²) >= 11 is 0. The number of hydrogen-bond acceptors (Lipinski definition) is 5.